The van der Waals surface area contributed by atoms with Gasteiger partial charge < -0.3 is 21.1 Å². The summed E-state index contributed by atoms with van der Waals surface area (Å²) in [7, 11) is 0. The van der Waals surface area contributed by atoms with Gasteiger partial charge in [-0.05, 0) is 24.3 Å². The van der Waals surface area contributed by atoms with Crippen molar-refractivity contribution in [3.05, 3.63) is 71.4 Å². The number of rotatable bonds is 8. The van der Waals surface area contributed by atoms with Crippen molar-refractivity contribution in [2.45, 2.75) is 12.9 Å². The van der Waals surface area contributed by atoms with Crippen LogP contribution in [-0.4, -0.2) is 34.7 Å². The normalized spacial score (nSPS) is 11.6. The number of nitrogens with two attached hydrogens (primary N) is 1. The van der Waals surface area contributed by atoms with Crippen molar-refractivity contribution in [2.75, 3.05) is 18.4 Å². The number of alkyl halides is 3. The summed E-state index contributed by atoms with van der Waals surface area (Å²) in [5.41, 5.74) is 8.42. The van der Waals surface area contributed by atoms with Gasteiger partial charge in [-0.2, -0.15) is 0 Å². The largest absolute Gasteiger partial charge is 0.573 e. The van der Waals surface area contributed by atoms with Crippen molar-refractivity contribution >= 4 is 27.9 Å². The molecule has 11 heteroatoms. The number of nitrogens with zero attached hydrogens (tertiary/aromatic N) is 2. The predicted octanol–water partition coefficient (Wildman–Crippen LogP) is 4.26. The topological polar surface area (TPSA) is 93.7 Å². The number of fused-ring (bicyclic) bond motifs is 1. The van der Waals surface area contributed by atoms with E-state index in [1.165, 1.54) is 23.5 Å². The maximum atomic E-state index is 12.7. The monoisotopic (exact) mass is 475 g/mol. The van der Waals surface area contributed by atoms with Gasteiger partial charge in [0.2, 0.25) is 0 Å². The Kier molecular flexibility index (Phi) is 6.63. The van der Waals surface area contributed by atoms with Gasteiger partial charge in [0.1, 0.15) is 5.75 Å². The predicted molar refractivity (Wildman–Crippen MR) is 120 cm³/mol. The molecule has 2 aromatic carbocycles. The highest BCUT2D eigenvalue weighted by Gasteiger charge is 2.31. The van der Waals surface area contributed by atoms with E-state index in [4.69, 9.17) is 5.73 Å². The number of ether oxygens (including phenoxy) is 1. The first-order valence-electron chi connectivity index (χ1n) is 9.97. The fourth-order valence-corrected chi connectivity index (χ4v) is 4.12. The standard InChI is InChI=1S/C22H20F3N5O2S/c23-22(24,25)32-16-5-3-4-14(10-16)20(31)28-18-7-2-1-6-17(18)19-12-30-15(11-27-9-8-26)13-33-21(30)29-19/h1-7,10,12-13,27H,8-9,11,26H2,(H,28,31). The van der Waals surface area contributed by atoms with Gasteiger partial charge in [0, 0.05) is 48.0 Å². The molecule has 7 nitrogen and oxygen atoms in total. The van der Waals surface area contributed by atoms with Crippen LogP contribution in [0.25, 0.3) is 16.2 Å². The average Bonchev–Trinajstić information content (AvgIpc) is 3.35. The molecule has 0 atom stereocenters. The number of aromatic nitrogens is 2. The Morgan fingerprint density at radius 2 is 2.00 bits per heavy atom. The van der Waals surface area contributed by atoms with E-state index in [1.54, 1.807) is 12.1 Å². The zero-order valence-electron chi connectivity index (χ0n) is 17.2. The van der Waals surface area contributed by atoms with Gasteiger partial charge in [-0.1, -0.05) is 24.3 Å². The first-order chi connectivity index (χ1) is 15.8. The van der Waals surface area contributed by atoms with Crippen LogP contribution in [0.15, 0.2) is 60.1 Å². The molecule has 0 saturated carbocycles. The van der Waals surface area contributed by atoms with E-state index in [0.717, 1.165) is 22.8 Å². The van der Waals surface area contributed by atoms with Crippen LogP contribution in [0.2, 0.25) is 0 Å². The zero-order chi connectivity index (χ0) is 23.4. The van der Waals surface area contributed by atoms with E-state index < -0.39 is 18.0 Å². The number of carbonyl (C=O) groups excluding carboxylic acids is 1. The van der Waals surface area contributed by atoms with Gasteiger partial charge in [-0.15, -0.1) is 24.5 Å². The number of benzene rings is 2. The molecule has 172 valence electrons. The zero-order valence-corrected chi connectivity index (χ0v) is 18.0. The minimum absolute atomic E-state index is 0.0330. The number of imidazole rings is 1. The summed E-state index contributed by atoms with van der Waals surface area (Å²) in [4.78, 5) is 18.2. The number of carbonyl (C=O) groups is 1. The van der Waals surface area contributed by atoms with Gasteiger partial charge in [0.25, 0.3) is 5.91 Å². The summed E-state index contributed by atoms with van der Waals surface area (Å²) in [5.74, 6) is -1.03. The molecule has 0 aliphatic rings. The lowest BCUT2D eigenvalue weighted by Gasteiger charge is -2.12. The van der Waals surface area contributed by atoms with E-state index in [2.05, 4.69) is 20.4 Å². The van der Waals surface area contributed by atoms with Gasteiger partial charge in [-0.25, -0.2) is 4.98 Å². The molecule has 4 N–H and O–H groups in total. The highest BCUT2D eigenvalue weighted by atomic mass is 32.1. The van der Waals surface area contributed by atoms with Crippen molar-refractivity contribution < 1.29 is 22.7 Å². The van der Waals surface area contributed by atoms with Gasteiger partial charge in [-0.3, -0.25) is 9.20 Å². The van der Waals surface area contributed by atoms with Crippen LogP contribution in [-0.2, 0) is 6.54 Å². The number of hydrogen-bond acceptors (Lipinski definition) is 6. The van der Waals surface area contributed by atoms with Gasteiger partial charge in [0.05, 0.1) is 11.4 Å². The smallest absolute Gasteiger partial charge is 0.406 e. The summed E-state index contributed by atoms with van der Waals surface area (Å²) in [5, 5.41) is 8.02. The van der Waals surface area contributed by atoms with Crippen molar-refractivity contribution in [1.82, 2.24) is 14.7 Å². The summed E-state index contributed by atoms with van der Waals surface area (Å²) < 4.78 is 43.4. The van der Waals surface area contributed by atoms with Gasteiger partial charge in [0.15, 0.2) is 4.96 Å². The van der Waals surface area contributed by atoms with Crippen molar-refractivity contribution in [3.8, 4) is 17.0 Å². The van der Waals surface area contributed by atoms with E-state index in [-0.39, 0.29) is 5.56 Å². The van der Waals surface area contributed by atoms with Crippen LogP contribution >= 0.6 is 11.3 Å². The number of halogens is 3. The van der Waals surface area contributed by atoms with Crippen molar-refractivity contribution in [2.24, 2.45) is 5.73 Å². The van der Waals surface area contributed by atoms with E-state index >= 15 is 0 Å². The molecule has 33 heavy (non-hydrogen) atoms. The Labute approximate surface area is 191 Å². The average molecular weight is 475 g/mol. The van der Waals surface area contributed by atoms with E-state index in [9.17, 15) is 18.0 Å². The second-order valence-electron chi connectivity index (χ2n) is 7.05. The number of hydrogen-bond donors (Lipinski definition) is 3. The Hall–Kier alpha value is -3.41. The summed E-state index contributed by atoms with van der Waals surface area (Å²) in [6.45, 7) is 1.88. The van der Waals surface area contributed by atoms with Crippen LogP contribution in [0.5, 0.6) is 5.75 Å². The summed E-state index contributed by atoms with van der Waals surface area (Å²) in [6.07, 6.45) is -2.96. The molecule has 0 saturated heterocycles. The molecule has 0 unspecified atom stereocenters. The maximum Gasteiger partial charge on any atom is 0.573 e. The molecule has 0 bridgehead atoms. The molecule has 4 aromatic rings. The third-order valence-electron chi connectivity index (χ3n) is 4.69. The third kappa shape index (κ3) is 5.51. The number of anilines is 1. The quantitative estimate of drug-likeness (QED) is 0.331. The summed E-state index contributed by atoms with van der Waals surface area (Å²) in [6, 6.07) is 12.0. The fourth-order valence-electron chi connectivity index (χ4n) is 3.25. The molecule has 0 spiro atoms. The SMILES string of the molecule is NCCNCc1csc2nc(-c3ccccc3NC(=O)c3cccc(OC(F)(F)F)c3)cn12. The molecule has 0 radical (unpaired) electrons. The van der Waals surface area contributed by atoms with E-state index in [0.29, 0.717) is 36.6 Å². The third-order valence-corrected chi connectivity index (χ3v) is 5.58. The molecule has 4 rings (SSSR count). The second-order valence-corrected chi connectivity index (χ2v) is 7.88. The second kappa shape index (κ2) is 9.61. The first kappa shape index (κ1) is 22.8. The molecule has 2 heterocycles. The number of amides is 1. The lowest BCUT2D eigenvalue weighted by atomic mass is 10.1. The lowest BCUT2D eigenvalue weighted by molar-refractivity contribution is -0.274. The minimum atomic E-state index is -4.84. The number of thiazole rings is 1. The Morgan fingerprint density at radius 3 is 2.79 bits per heavy atom. The Morgan fingerprint density at radius 1 is 1.18 bits per heavy atom. The van der Waals surface area contributed by atoms with E-state index in [1.807, 2.05) is 28.1 Å². The van der Waals surface area contributed by atoms with Crippen LogP contribution in [0.1, 0.15) is 16.1 Å². The molecular formula is C22H20F3N5O2S. The lowest BCUT2D eigenvalue weighted by Crippen LogP contribution is -2.22. The number of para-hydroxylation sites is 1. The first-order valence-corrected chi connectivity index (χ1v) is 10.8. The molecule has 2 aromatic heterocycles. The van der Waals surface area contributed by atoms with Crippen LogP contribution < -0.4 is 21.1 Å². The van der Waals surface area contributed by atoms with Gasteiger partial charge >= 0.3 is 6.36 Å². The fraction of sp³-hybridized carbons (Fsp3) is 0.182. The minimum Gasteiger partial charge on any atom is -0.406 e. The van der Waals surface area contributed by atoms with Crippen LogP contribution in [0.4, 0.5) is 18.9 Å². The molecular weight excluding hydrogens is 455 g/mol. The Balaban J connectivity index is 1.57. The maximum absolute atomic E-state index is 12.7. The Bertz CT molecular complexity index is 1270. The molecule has 1 amide bonds. The highest BCUT2D eigenvalue weighted by molar-refractivity contribution is 7.15. The highest BCUT2D eigenvalue weighted by Crippen LogP contribution is 2.30. The molecule has 0 aliphatic carbocycles. The molecule has 0 aliphatic heterocycles. The number of nitrogens with one attached hydrogen (secondary N) is 2. The van der Waals surface area contributed by atoms with Crippen LogP contribution in [0.3, 0.4) is 0 Å². The van der Waals surface area contributed by atoms with Crippen molar-refractivity contribution in [3.63, 3.8) is 0 Å². The summed E-state index contributed by atoms with van der Waals surface area (Å²) >= 11 is 1.50. The van der Waals surface area contributed by atoms with Crippen LogP contribution in [0, 0.1) is 0 Å². The van der Waals surface area contributed by atoms with Crippen molar-refractivity contribution in [1.29, 1.82) is 0 Å². The molecule has 0 fully saturated rings.